The van der Waals surface area contributed by atoms with Gasteiger partial charge in [0.15, 0.2) is 5.65 Å². The number of nitrogens with zero attached hydrogens (tertiary/aromatic N) is 3. The number of carboxylic acids is 1. The van der Waals surface area contributed by atoms with Gasteiger partial charge in [0.1, 0.15) is 18.2 Å². The van der Waals surface area contributed by atoms with Gasteiger partial charge in [-0.25, -0.2) is 14.8 Å². The molecule has 2 aromatic carbocycles. The van der Waals surface area contributed by atoms with Crippen LogP contribution in [0.25, 0.3) is 11.2 Å². The van der Waals surface area contributed by atoms with Gasteiger partial charge in [0.25, 0.3) is 0 Å². The van der Waals surface area contributed by atoms with Crippen molar-refractivity contribution in [3.05, 3.63) is 89.4 Å². The van der Waals surface area contributed by atoms with Gasteiger partial charge >= 0.3 is 5.97 Å². The normalized spacial score (nSPS) is 25.6. The molecular weight excluding hydrogens is 502 g/mol. The SMILES string of the molecule is O=C(O)c1cnc2nc(CC34CCC(c5cccc(OCc6ccccc6)c5)(CC3)CC4)n(C[C@@H]3CCO3)c2c1. The van der Waals surface area contributed by atoms with Gasteiger partial charge in [-0.3, -0.25) is 0 Å². The minimum atomic E-state index is -0.965. The number of hydrogen-bond acceptors (Lipinski definition) is 5. The van der Waals surface area contributed by atoms with Crippen LogP contribution < -0.4 is 4.74 Å². The third-order valence-corrected chi connectivity index (χ3v) is 9.74. The number of carbonyl (C=O) groups is 1. The van der Waals surface area contributed by atoms with E-state index in [-0.39, 0.29) is 22.5 Å². The maximum atomic E-state index is 11.6. The van der Waals surface area contributed by atoms with Crippen molar-refractivity contribution >= 4 is 17.1 Å². The molecule has 3 aliphatic carbocycles. The fraction of sp³-hybridized carbons (Fsp3) is 0.424. The first-order valence-corrected chi connectivity index (χ1v) is 14.5. The van der Waals surface area contributed by atoms with Crippen LogP contribution in [0.2, 0.25) is 0 Å². The van der Waals surface area contributed by atoms with Crippen LogP contribution in [0.1, 0.15) is 72.3 Å². The van der Waals surface area contributed by atoms with Crippen molar-refractivity contribution in [2.24, 2.45) is 5.41 Å². The number of aromatic carboxylic acids is 1. The Hall–Kier alpha value is -3.71. The Balaban J connectivity index is 1.09. The van der Waals surface area contributed by atoms with Crippen molar-refractivity contribution in [3.8, 4) is 5.75 Å². The summed E-state index contributed by atoms with van der Waals surface area (Å²) in [7, 11) is 0. The molecule has 2 bridgehead atoms. The standard InChI is InChI=1S/C33H35N3O4/c37-31(38)24-17-28-30(34-20-24)35-29(36(28)21-27-9-16-39-27)19-32-10-13-33(14-11-32,15-12-32)25-7-4-8-26(18-25)40-22-23-5-2-1-3-6-23/h1-8,17-18,20,27H,9-16,19,21-22H2,(H,37,38)/t27-,32?,33?/m0/s1. The average Bonchev–Trinajstić information content (AvgIpc) is 3.30. The lowest BCUT2D eigenvalue weighted by atomic mass is 9.51. The fourth-order valence-corrected chi connectivity index (χ4v) is 7.09. The molecule has 0 radical (unpaired) electrons. The average molecular weight is 538 g/mol. The Kier molecular flexibility index (Phi) is 6.34. The van der Waals surface area contributed by atoms with E-state index in [4.69, 9.17) is 14.5 Å². The zero-order valence-corrected chi connectivity index (χ0v) is 22.7. The first kappa shape index (κ1) is 25.3. The van der Waals surface area contributed by atoms with Crippen molar-refractivity contribution < 1.29 is 19.4 Å². The minimum Gasteiger partial charge on any atom is -0.489 e. The quantitative estimate of drug-likeness (QED) is 0.268. The summed E-state index contributed by atoms with van der Waals surface area (Å²) >= 11 is 0. The Morgan fingerprint density at radius 2 is 1.80 bits per heavy atom. The minimum absolute atomic E-state index is 0.156. The lowest BCUT2D eigenvalue weighted by Crippen LogP contribution is -2.45. The highest BCUT2D eigenvalue weighted by atomic mass is 16.5. The Labute approximate surface area is 234 Å². The van der Waals surface area contributed by atoms with Crippen molar-refractivity contribution in [2.45, 2.75) is 76.0 Å². The molecule has 3 heterocycles. The van der Waals surface area contributed by atoms with E-state index >= 15 is 0 Å². The van der Waals surface area contributed by atoms with Crippen LogP contribution in [0.15, 0.2) is 66.9 Å². The van der Waals surface area contributed by atoms with Gasteiger partial charge in [-0.15, -0.1) is 0 Å². The molecule has 7 heteroatoms. The summed E-state index contributed by atoms with van der Waals surface area (Å²) < 4.78 is 14.1. The summed E-state index contributed by atoms with van der Waals surface area (Å²) in [6.07, 6.45) is 10.5. The first-order valence-electron chi connectivity index (χ1n) is 14.5. The van der Waals surface area contributed by atoms with Crippen LogP contribution in [0.4, 0.5) is 0 Å². The lowest BCUT2D eigenvalue weighted by Gasteiger charge is -2.54. The predicted octanol–water partition coefficient (Wildman–Crippen LogP) is 6.33. The second-order valence-corrected chi connectivity index (χ2v) is 12.1. The smallest absolute Gasteiger partial charge is 0.337 e. The summed E-state index contributed by atoms with van der Waals surface area (Å²) in [6, 6.07) is 20.8. The van der Waals surface area contributed by atoms with Crippen molar-refractivity contribution in [1.82, 2.24) is 14.5 Å². The number of carboxylic acid groups (broad SMARTS) is 1. The molecule has 40 heavy (non-hydrogen) atoms. The van der Waals surface area contributed by atoms with Gasteiger partial charge in [-0.2, -0.15) is 0 Å². The molecule has 0 amide bonds. The van der Waals surface area contributed by atoms with E-state index in [0.29, 0.717) is 18.8 Å². The van der Waals surface area contributed by atoms with Crippen LogP contribution in [0.3, 0.4) is 0 Å². The zero-order chi connectivity index (χ0) is 27.2. The topological polar surface area (TPSA) is 86.5 Å². The Morgan fingerprint density at radius 1 is 1.02 bits per heavy atom. The van der Waals surface area contributed by atoms with E-state index in [9.17, 15) is 9.90 Å². The highest BCUT2D eigenvalue weighted by Gasteiger charge is 2.49. The molecule has 8 rings (SSSR count). The third kappa shape index (κ3) is 4.66. The molecule has 1 N–H and O–H groups in total. The molecule has 3 saturated carbocycles. The van der Waals surface area contributed by atoms with E-state index in [1.165, 1.54) is 55.8 Å². The zero-order valence-electron chi connectivity index (χ0n) is 22.7. The van der Waals surface area contributed by atoms with Crippen LogP contribution in [0, 0.1) is 5.41 Å². The maximum absolute atomic E-state index is 11.6. The van der Waals surface area contributed by atoms with Crippen molar-refractivity contribution in [3.63, 3.8) is 0 Å². The second-order valence-electron chi connectivity index (χ2n) is 12.1. The molecule has 1 aliphatic heterocycles. The van der Waals surface area contributed by atoms with Gasteiger partial charge in [0, 0.05) is 19.2 Å². The van der Waals surface area contributed by atoms with E-state index < -0.39 is 5.97 Å². The Morgan fingerprint density at radius 3 is 2.50 bits per heavy atom. The summed E-state index contributed by atoms with van der Waals surface area (Å²) in [5.41, 5.74) is 4.65. The Bertz CT molecular complexity index is 1520. The molecule has 1 saturated heterocycles. The van der Waals surface area contributed by atoms with Gasteiger partial charge in [-0.1, -0.05) is 42.5 Å². The van der Waals surface area contributed by atoms with Gasteiger partial charge in [-0.05, 0) is 85.1 Å². The monoisotopic (exact) mass is 537 g/mol. The molecule has 0 spiro atoms. The number of aromatic nitrogens is 3. The molecular formula is C33H35N3O4. The maximum Gasteiger partial charge on any atom is 0.337 e. The summed E-state index contributed by atoms with van der Waals surface area (Å²) in [5.74, 6) is 0.997. The highest BCUT2D eigenvalue weighted by molar-refractivity contribution is 5.91. The molecule has 4 aliphatic rings. The van der Waals surface area contributed by atoms with E-state index in [2.05, 4.69) is 45.9 Å². The van der Waals surface area contributed by atoms with Crippen LogP contribution in [0.5, 0.6) is 5.75 Å². The molecule has 1 atom stereocenters. The molecule has 7 nitrogen and oxygen atoms in total. The molecule has 4 fully saturated rings. The van der Waals surface area contributed by atoms with Gasteiger partial charge < -0.3 is 19.1 Å². The number of pyridine rings is 1. The van der Waals surface area contributed by atoms with Crippen LogP contribution in [-0.4, -0.2) is 38.3 Å². The van der Waals surface area contributed by atoms with Crippen LogP contribution >= 0.6 is 0 Å². The van der Waals surface area contributed by atoms with Crippen LogP contribution in [-0.2, 0) is 29.7 Å². The van der Waals surface area contributed by atoms with E-state index in [0.717, 1.165) is 36.5 Å². The number of hydrogen-bond donors (Lipinski definition) is 1. The number of ether oxygens (including phenoxy) is 2. The number of imidazole rings is 1. The number of fused-ring (bicyclic) bond motifs is 4. The van der Waals surface area contributed by atoms with E-state index in [1.54, 1.807) is 6.07 Å². The predicted molar refractivity (Wildman–Crippen MR) is 152 cm³/mol. The lowest BCUT2D eigenvalue weighted by molar-refractivity contribution is -0.0594. The third-order valence-electron chi connectivity index (χ3n) is 9.74. The molecule has 206 valence electrons. The summed E-state index contributed by atoms with van der Waals surface area (Å²) in [4.78, 5) is 21.0. The number of benzene rings is 2. The van der Waals surface area contributed by atoms with E-state index in [1.807, 2.05) is 18.2 Å². The second kappa shape index (κ2) is 10.0. The van der Waals surface area contributed by atoms with Crippen molar-refractivity contribution in [1.29, 1.82) is 0 Å². The number of rotatable bonds is 9. The largest absolute Gasteiger partial charge is 0.489 e. The van der Waals surface area contributed by atoms with Gasteiger partial charge in [0.05, 0.1) is 23.7 Å². The highest BCUT2D eigenvalue weighted by Crippen LogP contribution is 2.59. The first-order chi connectivity index (χ1) is 19.5. The molecule has 2 aromatic heterocycles. The van der Waals surface area contributed by atoms with Gasteiger partial charge in [0.2, 0.25) is 0 Å². The summed E-state index contributed by atoms with van der Waals surface area (Å²) in [6.45, 7) is 2.07. The molecule has 4 aromatic rings. The van der Waals surface area contributed by atoms with Crippen molar-refractivity contribution in [2.75, 3.05) is 6.61 Å². The summed E-state index contributed by atoms with van der Waals surface area (Å²) in [5, 5.41) is 9.54. The fourth-order valence-electron chi connectivity index (χ4n) is 7.09. The molecule has 0 unspecified atom stereocenters.